The van der Waals surface area contributed by atoms with Crippen LogP contribution in [-0.2, 0) is 4.79 Å². The summed E-state index contributed by atoms with van der Waals surface area (Å²) in [6.45, 7) is 1.44. The Hall–Kier alpha value is -0.450. The highest BCUT2D eigenvalue weighted by Gasteiger charge is 2.37. The first kappa shape index (κ1) is 9.64. The van der Waals surface area contributed by atoms with Crippen molar-refractivity contribution < 1.29 is 15.0 Å². The largest absolute Gasteiger partial charge is 0.391 e. The van der Waals surface area contributed by atoms with Crippen molar-refractivity contribution in [1.29, 1.82) is 0 Å². The first-order valence-electron chi connectivity index (χ1n) is 4.16. The number of Topliss-reactive ketones (excluding diaryl/α,β-unsaturated/α-hetero) is 1. The summed E-state index contributed by atoms with van der Waals surface area (Å²) in [6.07, 6.45) is -0.518. The summed E-state index contributed by atoms with van der Waals surface area (Å²) in [7, 11) is 0. The molecule has 0 aromatic carbocycles. The second kappa shape index (κ2) is 3.51. The van der Waals surface area contributed by atoms with Gasteiger partial charge in [-0.05, 0) is 19.8 Å². The molecule has 1 fully saturated rings. The van der Waals surface area contributed by atoms with Crippen LogP contribution in [0.5, 0.6) is 0 Å². The van der Waals surface area contributed by atoms with Crippen molar-refractivity contribution in [2.24, 2.45) is 11.7 Å². The van der Waals surface area contributed by atoms with Gasteiger partial charge in [0.25, 0.3) is 0 Å². The Labute approximate surface area is 71.4 Å². The monoisotopic (exact) mass is 173 g/mol. The molecule has 4 nitrogen and oxygen atoms in total. The number of ketones is 1. The molecule has 4 N–H and O–H groups in total. The molecule has 0 bridgehead atoms. The van der Waals surface area contributed by atoms with Crippen LogP contribution in [0.3, 0.4) is 0 Å². The highest BCUT2D eigenvalue weighted by Crippen LogP contribution is 2.24. The van der Waals surface area contributed by atoms with Gasteiger partial charge in [-0.15, -0.1) is 0 Å². The Morgan fingerprint density at radius 2 is 2.00 bits per heavy atom. The standard InChI is InChI=1S/C8H15NO3/c1-4(10)5-2-3-6(11)7(9)8(5)12/h5-8,11-12H,2-3,9H2,1H3. The normalized spacial score (nSPS) is 42.7. The number of carbonyl (C=O) groups excluding carboxylic acids is 1. The molecule has 1 rings (SSSR count). The van der Waals surface area contributed by atoms with Crippen molar-refractivity contribution in [1.82, 2.24) is 0 Å². The Morgan fingerprint density at radius 3 is 2.50 bits per heavy atom. The fraction of sp³-hybridized carbons (Fsp3) is 0.875. The molecule has 1 aliphatic carbocycles. The minimum Gasteiger partial charge on any atom is -0.391 e. The van der Waals surface area contributed by atoms with Gasteiger partial charge in [-0.3, -0.25) is 4.79 Å². The Balaban J connectivity index is 2.65. The molecule has 0 saturated heterocycles. The van der Waals surface area contributed by atoms with E-state index in [1.807, 2.05) is 0 Å². The molecule has 1 saturated carbocycles. The second-order valence-corrected chi connectivity index (χ2v) is 3.43. The van der Waals surface area contributed by atoms with E-state index in [0.717, 1.165) is 0 Å². The van der Waals surface area contributed by atoms with Crippen LogP contribution in [0, 0.1) is 5.92 Å². The van der Waals surface area contributed by atoms with Gasteiger partial charge in [-0.25, -0.2) is 0 Å². The van der Waals surface area contributed by atoms with E-state index in [1.165, 1.54) is 6.92 Å². The number of hydrogen-bond acceptors (Lipinski definition) is 4. The highest BCUT2D eigenvalue weighted by atomic mass is 16.3. The maximum atomic E-state index is 11.0. The van der Waals surface area contributed by atoms with Gasteiger partial charge in [0, 0.05) is 5.92 Å². The molecule has 0 aromatic rings. The molecule has 12 heavy (non-hydrogen) atoms. The minimum absolute atomic E-state index is 0.0511. The van der Waals surface area contributed by atoms with Crippen LogP contribution in [0.25, 0.3) is 0 Å². The van der Waals surface area contributed by atoms with Crippen LogP contribution in [0.1, 0.15) is 19.8 Å². The molecule has 0 radical (unpaired) electrons. The summed E-state index contributed by atoms with van der Waals surface area (Å²) in [5.74, 6) is -0.437. The molecule has 1 aliphatic rings. The molecule has 0 aromatic heterocycles. The van der Waals surface area contributed by atoms with E-state index in [9.17, 15) is 15.0 Å². The molecule has 0 amide bonds. The van der Waals surface area contributed by atoms with Gasteiger partial charge in [-0.1, -0.05) is 0 Å². The van der Waals surface area contributed by atoms with Gasteiger partial charge in [-0.2, -0.15) is 0 Å². The number of carbonyl (C=O) groups is 1. The lowest BCUT2D eigenvalue weighted by Gasteiger charge is -2.34. The van der Waals surface area contributed by atoms with Crippen LogP contribution in [-0.4, -0.2) is 34.2 Å². The van der Waals surface area contributed by atoms with Crippen LogP contribution in [0.4, 0.5) is 0 Å². The molecule has 4 atom stereocenters. The average Bonchev–Trinajstić information content (AvgIpc) is 2.00. The summed E-state index contributed by atoms with van der Waals surface area (Å²) >= 11 is 0. The predicted molar refractivity (Wildman–Crippen MR) is 43.4 cm³/mol. The van der Waals surface area contributed by atoms with Gasteiger partial charge in [0.1, 0.15) is 5.78 Å². The summed E-state index contributed by atoms with van der Waals surface area (Å²) < 4.78 is 0. The molecule has 0 aliphatic heterocycles. The zero-order chi connectivity index (χ0) is 9.30. The van der Waals surface area contributed by atoms with Gasteiger partial charge in [0.2, 0.25) is 0 Å². The van der Waals surface area contributed by atoms with Gasteiger partial charge < -0.3 is 15.9 Å². The predicted octanol–water partition coefficient (Wildman–Crippen LogP) is -0.966. The SMILES string of the molecule is CC(=O)C1CCC(O)C(N)C1O. The van der Waals surface area contributed by atoms with Gasteiger partial charge >= 0.3 is 0 Å². The molecule has 4 unspecified atom stereocenters. The second-order valence-electron chi connectivity index (χ2n) is 3.43. The van der Waals surface area contributed by atoms with Crippen LogP contribution < -0.4 is 5.73 Å². The quantitative estimate of drug-likeness (QED) is 0.476. The number of nitrogens with two attached hydrogens (primary N) is 1. The van der Waals surface area contributed by atoms with Gasteiger partial charge in [0.15, 0.2) is 0 Å². The zero-order valence-electron chi connectivity index (χ0n) is 7.10. The molecular formula is C8H15NO3. The number of aliphatic hydroxyl groups is 2. The van der Waals surface area contributed by atoms with E-state index in [2.05, 4.69) is 0 Å². The van der Waals surface area contributed by atoms with E-state index in [-0.39, 0.29) is 11.7 Å². The van der Waals surface area contributed by atoms with E-state index in [4.69, 9.17) is 5.73 Å². The van der Waals surface area contributed by atoms with E-state index in [1.54, 1.807) is 0 Å². The van der Waals surface area contributed by atoms with Crippen molar-refractivity contribution in [3.05, 3.63) is 0 Å². The Kier molecular flexibility index (Phi) is 2.82. The van der Waals surface area contributed by atoms with Crippen molar-refractivity contribution in [3.63, 3.8) is 0 Å². The van der Waals surface area contributed by atoms with Crippen LogP contribution in [0.2, 0.25) is 0 Å². The molecule has 4 heteroatoms. The van der Waals surface area contributed by atoms with E-state index in [0.29, 0.717) is 12.8 Å². The topological polar surface area (TPSA) is 83.5 Å². The number of hydrogen-bond donors (Lipinski definition) is 3. The highest BCUT2D eigenvalue weighted by molar-refractivity contribution is 5.79. The fourth-order valence-electron chi connectivity index (χ4n) is 1.65. The summed E-state index contributed by atoms with van der Waals surface area (Å²) in [5, 5.41) is 18.7. The first-order valence-corrected chi connectivity index (χ1v) is 4.16. The van der Waals surface area contributed by atoms with Crippen molar-refractivity contribution in [2.75, 3.05) is 0 Å². The van der Waals surface area contributed by atoms with E-state index < -0.39 is 18.2 Å². The third-order valence-corrected chi connectivity index (χ3v) is 2.55. The lowest BCUT2D eigenvalue weighted by molar-refractivity contribution is -0.128. The third kappa shape index (κ3) is 1.65. The minimum atomic E-state index is -0.883. The van der Waals surface area contributed by atoms with Crippen molar-refractivity contribution >= 4 is 5.78 Å². The lowest BCUT2D eigenvalue weighted by atomic mass is 9.80. The van der Waals surface area contributed by atoms with Crippen molar-refractivity contribution in [2.45, 2.75) is 38.0 Å². The maximum absolute atomic E-state index is 11.0. The molecular weight excluding hydrogens is 158 g/mol. The smallest absolute Gasteiger partial charge is 0.135 e. The maximum Gasteiger partial charge on any atom is 0.135 e. The van der Waals surface area contributed by atoms with Crippen LogP contribution in [0.15, 0.2) is 0 Å². The van der Waals surface area contributed by atoms with Crippen LogP contribution >= 0.6 is 0 Å². The molecule has 70 valence electrons. The summed E-state index contributed by atoms with van der Waals surface area (Å²) in [5.41, 5.74) is 5.50. The summed E-state index contributed by atoms with van der Waals surface area (Å²) in [6, 6.07) is -0.673. The third-order valence-electron chi connectivity index (χ3n) is 2.55. The number of rotatable bonds is 1. The van der Waals surface area contributed by atoms with Crippen molar-refractivity contribution in [3.8, 4) is 0 Å². The van der Waals surface area contributed by atoms with E-state index >= 15 is 0 Å². The fourth-order valence-corrected chi connectivity index (χ4v) is 1.65. The Bertz CT molecular complexity index is 183. The number of aliphatic hydroxyl groups excluding tert-OH is 2. The molecule has 0 heterocycles. The lowest BCUT2D eigenvalue weighted by Crippen LogP contribution is -2.53. The summed E-state index contributed by atoms with van der Waals surface area (Å²) in [4.78, 5) is 11.0. The van der Waals surface area contributed by atoms with Gasteiger partial charge in [0.05, 0.1) is 18.2 Å². The zero-order valence-corrected chi connectivity index (χ0v) is 7.10. The average molecular weight is 173 g/mol. The Morgan fingerprint density at radius 1 is 1.42 bits per heavy atom. The first-order chi connectivity index (χ1) is 5.54. The molecule has 0 spiro atoms.